The molecule has 0 radical (unpaired) electrons. The smallest absolute Gasteiger partial charge is 0.0948 e. The van der Waals surface area contributed by atoms with Crippen LogP contribution in [0.5, 0.6) is 0 Å². The van der Waals surface area contributed by atoms with Crippen molar-refractivity contribution in [1.29, 1.82) is 0 Å². The molecule has 0 aliphatic rings. The van der Waals surface area contributed by atoms with Crippen LogP contribution in [-0.4, -0.2) is 14.5 Å². The first-order valence-electron chi connectivity index (χ1n) is 5.90. The second kappa shape index (κ2) is 5.93. The van der Waals surface area contributed by atoms with Gasteiger partial charge in [-0.1, -0.05) is 6.92 Å². The summed E-state index contributed by atoms with van der Waals surface area (Å²) < 4.78 is 2.19. The molecule has 0 unspecified atom stereocenters. The summed E-state index contributed by atoms with van der Waals surface area (Å²) in [4.78, 5) is 8.60. The van der Waals surface area contributed by atoms with Gasteiger partial charge in [0.15, 0.2) is 0 Å². The molecule has 92 valence electrons. The van der Waals surface area contributed by atoms with Gasteiger partial charge in [0.1, 0.15) is 0 Å². The standard InChI is InChI=1S/C12H18N4S/c1-3-4-16-9-14-7-12(16)6-13-5-11-8-17-10(2)15-11/h7-9,13H,3-6H2,1-2H3. The highest BCUT2D eigenvalue weighted by atomic mass is 32.1. The van der Waals surface area contributed by atoms with Crippen LogP contribution >= 0.6 is 11.3 Å². The van der Waals surface area contributed by atoms with E-state index in [4.69, 9.17) is 0 Å². The van der Waals surface area contributed by atoms with Crippen molar-refractivity contribution < 1.29 is 0 Å². The summed E-state index contributed by atoms with van der Waals surface area (Å²) in [5.74, 6) is 0. The van der Waals surface area contributed by atoms with Crippen molar-refractivity contribution in [3.8, 4) is 0 Å². The molecule has 0 saturated heterocycles. The van der Waals surface area contributed by atoms with Crippen molar-refractivity contribution in [3.05, 3.63) is 34.3 Å². The zero-order valence-corrected chi connectivity index (χ0v) is 11.1. The Labute approximate surface area is 106 Å². The average molecular weight is 250 g/mol. The molecule has 2 heterocycles. The lowest BCUT2D eigenvalue weighted by atomic mass is 10.4. The highest BCUT2D eigenvalue weighted by Crippen LogP contribution is 2.08. The molecule has 0 aliphatic carbocycles. The van der Waals surface area contributed by atoms with Crippen LogP contribution in [0.15, 0.2) is 17.9 Å². The highest BCUT2D eigenvalue weighted by molar-refractivity contribution is 7.09. The van der Waals surface area contributed by atoms with Crippen LogP contribution in [-0.2, 0) is 19.6 Å². The second-order valence-corrected chi connectivity index (χ2v) is 5.10. The zero-order chi connectivity index (χ0) is 12.1. The Kier molecular flexibility index (Phi) is 4.28. The molecule has 2 rings (SSSR count). The first kappa shape index (κ1) is 12.3. The third kappa shape index (κ3) is 3.38. The summed E-state index contributed by atoms with van der Waals surface area (Å²) in [5.41, 5.74) is 2.35. The fraction of sp³-hybridized carbons (Fsp3) is 0.500. The Morgan fingerprint density at radius 1 is 1.41 bits per heavy atom. The number of rotatable bonds is 6. The van der Waals surface area contributed by atoms with E-state index in [0.29, 0.717) is 0 Å². The number of nitrogens with one attached hydrogen (secondary N) is 1. The molecule has 0 saturated carbocycles. The van der Waals surface area contributed by atoms with Crippen LogP contribution < -0.4 is 5.32 Å². The SMILES string of the molecule is CCCn1cncc1CNCc1csc(C)n1. The molecule has 0 bridgehead atoms. The number of aryl methyl sites for hydroxylation is 2. The Hall–Kier alpha value is -1.20. The van der Waals surface area contributed by atoms with Crippen molar-refractivity contribution in [2.24, 2.45) is 0 Å². The van der Waals surface area contributed by atoms with Crippen LogP contribution in [0.1, 0.15) is 29.7 Å². The Bertz CT molecular complexity index is 461. The molecule has 2 aromatic heterocycles. The Balaban J connectivity index is 1.83. The number of hydrogen-bond donors (Lipinski definition) is 1. The van der Waals surface area contributed by atoms with E-state index in [2.05, 4.69) is 32.2 Å². The fourth-order valence-corrected chi connectivity index (χ4v) is 2.36. The van der Waals surface area contributed by atoms with Crippen molar-refractivity contribution in [2.45, 2.75) is 39.9 Å². The maximum atomic E-state index is 4.42. The van der Waals surface area contributed by atoms with Crippen LogP contribution in [0, 0.1) is 6.92 Å². The minimum absolute atomic E-state index is 0.821. The molecule has 0 aromatic carbocycles. The Morgan fingerprint density at radius 2 is 2.29 bits per heavy atom. The predicted octanol–water partition coefficient (Wildman–Crippen LogP) is 2.35. The predicted molar refractivity (Wildman–Crippen MR) is 69.9 cm³/mol. The maximum Gasteiger partial charge on any atom is 0.0948 e. The van der Waals surface area contributed by atoms with Crippen molar-refractivity contribution >= 4 is 11.3 Å². The minimum Gasteiger partial charge on any atom is -0.333 e. The van der Waals surface area contributed by atoms with E-state index in [1.165, 1.54) is 5.69 Å². The van der Waals surface area contributed by atoms with Gasteiger partial charge in [-0.2, -0.15) is 0 Å². The molecule has 5 heteroatoms. The van der Waals surface area contributed by atoms with Crippen LogP contribution in [0.2, 0.25) is 0 Å². The molecule has 0 spiro atoms. The van der Waals surface area contributed by atoms with Gasteiger partial charge in [0.05, 0.1) is 22.7 Å². The van der Waals surface area contributed by atoms with Gasteiger partial charge in [0, 0.05) is 31.2 Å². The lowest BCUT2D eigenvalue weighted by Crippen LogP contribution is -2.15. The average Bonchev–Trinajstić information content (AvgIpc) is 2.90. The summed E-state index contributed by atoms with van der Waals surface area (Å²) in [6.07, 6.45) is 4.96. The van der Waals surface area contributed by atoms with Crippen molar-refractivity contribution in [1.82, 2.24) is 19.9 Å². The third-order valence-corrected chi connectivity index (χ3v) is 3.36. The van der Waals surface area contributed by atoms with E-state index >= 15 is 0 Å². The molecule has 0 atom stereocenters. The molecule has 4 nitrogen and oxygen atoms in total. The molecule has 0 aliphatic heterocycles. The van der Waals surface area contributed by atoms with E-state index in [1.54, 1.807) is 11.3 Å². The summed E-state index contributed by atoms with van der Waals surface area (Å²) >= 11 is 1.69. The molecule has 1 N–H and O–H groups in total. The van der Waals surface area contributed by atoms with Crippen LogP contribution in [0.4, 0.5) is 0 Å². The summed E-state index contributed by atoms with van der Waals surface area (Å²) in [6.45, 7) is 6.91. The number of hydrogen-bond acceptors (Lipinski definition) is 4. The lowest BCUT2D eigenvalue weighted by molar-refractivity contribution is 0.598. The number of nitrogens with zero attached hydrogens (tertiary/aromatic N) is 3. The van der Waals surface area contributed by atoms with Crippen LogP contribution in [0.25, 0.3) is 0 Å². The minimum atomic E-state index is 0.821. The topological polar surface area (TPSA) is 42.7 Å². The van der Waals surface area contributed by atoms with Gasteiger partial charge in [0.2, 0.25) is 0 Å². The molecule has 17 heavy (non-hydrogen) atoms. The third-order valence-electron chi connectivity index (χ3n) is 2.54. The number of aromatic nitrogens is 3. The van der Waals surface area contributed by atoms with Gasteiger partial charge < -0.3 is 9.88 Å². The van der Waals surface area contributed by atoms with Gasteiger partial charge >= 0.3 is 0 Å². The first-order valence-corrected chi connectivity index (χ1v) is 6.78. The van der Waals surface area contributed by atoms with E-state index in [9.17, 15) is 0 Å². The lowest BCUT2D eigenvalue weighted by Gasteiger charge is -2.07. The van der Waals surface area contributed by atoms with Crippen molar-refractivity contribution in [2.75, 3.05) is 0 Å². The normalized spacial score (nSPS) is 10.9. The molecule has 2 aromatic rings. The maximum absolute atomic E-state index is 4.42. The number of imidazole rings is 1. The zero-order valence-electron chi connectivity index (χ0n) is 10.3. The van der Waals surface area contributed by atoms with E-state index in [0.717, 1.165) is 36.8 Å². The quantitative estimate of drug-likeness (QED) is 0.855. The van der Waals surface area contributed by atoms with Crippen molar-refractivity contribution in [3.63, 3.8) is 0 Å². The van der Waals surface area contributed by atoms with E-state index in [-0.39, 0.29) is 0 Å². The summed E-state index contributed by atoms with van der Waals surface area (Å²) in [5, 5.41) is 6.63. The summed E-state index contributed by atoms with van der Waals surface area (Å²) in [6, 6.07) is 0. The van der Waals surface area contributed by atoms with E-state index < -0.39 is 0 Å². The molecular formula is C12H18N4S. The molecule has 0 amide bonds. The van der Waals surface area contributed by atoms with Gasteiger partial charge in [-0.05, 0) is 13.3 Å². The molecule has 0 fully saturated rings. The molecular weight excluding hydrogens is 232 g/mol. The Morgan fingerprint density at radius 3 is 3.00 bits per heavy atom. The monoisotopic (exact) mass is 250 g/mol. The van der Waals surface area contributed by atoms with Gasteiger partial charge in [-0.25, -0.2) is 9.97 Å². The van der Waals surface area contributed by atoms with E-state index in [1.807, 2.05) is 19.4 Å². The highest BCUT2D eigenvalue weighted by Gasteiger charge is 2.02. The van der Waals surface area contributed by atoms with Crippen LogP contribution in [0.3, 0.4) is 0 Å². The summed E-state index contributed by atoms with van der Waals surface area (Å²) in [7, 11) is 0. The largest absolute Gasteiger partial charge is 0.333 e. The number of thiazole rings is 1. The first-order chi connectivity index (χ1) is 8.29. The van der Waals surface area contributed by atoms with Gasteiger partial charge in [-0.3, -0.25) is 0 Å². The van der Waals surface area contributed by atoms with Gasteiger partial charge in [0.25, 0.3) is 0 Å². The van der Waals surface area contributed by atoms with Gasteiger partial charge in [-0.15, -0.1) is 11.3 Å². The second-order valence-electron chi connectivity index (χ2n) is 4.04. The fourth-order valence-electron chi connectivity index (χ4n) is 1.75.